The summed E-state index contributed by atoms with van der Waals surface area (Å²) in [6.45, 7) is 3.52. The molecule has 0 saturated carbocycles. The van der Waals surface area contributed by atoms with Gasteiger partial charge in [-0.2, -0.15) is 0 Å². The van der Waals surface area contributed by atoms with Crippen LogP contribution in [0.1, 0.15) is 11.1 Å². The Balaban J connectivity index is 0.00000169. The molecule has 1 aromatic rings. The van der Waals surface area contributed by atoms with Crippen LogP contribution in [0.2, 0.25) is 0 Å². The first-order chi connectivity index (χ1) is 6.03. The fourth-order valence-corrected chi connectivity index (χ4v) is 1.70. The van der Waals surface area contributed by atoms with Gasteiger partial charge < -0.3 is 4.55 Å². The Morgan fingerprint density at radius 2 is 1.93 bits per heavy atom. The molecule has 70 valence electrons. The standard InChI is InChI=1S/C9H10O3S.Na/c1-2-8-5-3-4-6-9(8)7-13(10,11)12;/h2-6H,1,7H2,(H,10,11,12);/q;+1/p-1. The number of hydrogen-bond donors (Lipinski definition) is 0. The molecule has 0 amide bonds. The van der Waals surface area contributed by atoms with E-state index >= 15 is 0 Å². The van der Waals surface area contributed by atoms with Crippen molar-refractivity contribution in [3.05, 3.63) is 42.0 Å². The van der Waals surface area contributed by atoms with Crippen molar-refractivity contribution in [2.75, 3.05) is 0 Å². The van der Waals surface area contributed by atoms with Crippen LogP contribution in [0.25, 0.3) is 6.08 Å². The topological polar surface area (TPSA) is 57.2 Å². The molecule has 1 rings (SSSR count). The van der Waals surface area contributed by atoms with Gasteiger partial charge in [-0.1, -0.05) is 36.9 Å². The molecular weight excluding hydrogens is 211 g/mol. The van der Waals surface area contributed by atoms with Gasteiger partial charge in [-0.15, -0.1) is 0 Å². The maximum absolute atomic E-state index is 10.5. The van der Waals surface area contributed by atoms with Crippen molar-refractivity contribution >= 4 is 16.2 Å². The average Bonchev–Trinajstić information content (AvgIpc) is 2.02. The van der Waals surface area contributed by atoms with E-state index in [1.165, 1.54) is 6.08 Å². The van der Waals surface area contributed by atoms with Crippen molar-refractivity contribution in [1.82, 2.24) is 0 Å². The van der Waals surface area contributed by atoms with Crippen molar-refractivity contribution in [1.29, 1.82) is 0 Å². The first-order valence-corrected chi connectivity index (χ1v) is 5.24. The molecule has 5 heteroatoms. The third kappa shape index (κ3) is 4.39. The van der Waals surface area contributed by atoms with Crippen LogP contribution in [0.3, 0.4) is 0 Å². The van der Waals surface area contributed by atoms with Gasteiger partial charge >= 0.3 is 29.6 Å². The summed E-state index contributed by atoms with van der Waals surface area (Å²) in [4.78, 5) is 0. The minimum atomic E-state index is -4.21. The molecule has 0 saturated heterocycles. The Bertz CT molecular complexity index is 412. The molecule has 0 aliphatic rings. The molecule has 0 N–H and O–H groups in total. The Labute approximate surface area is 106 Å². The summed E-state index contributed by atoms with van der Waals surface area (Å²) in [5.74, 6) is -0.477. The van der Waals surface area contributed by atoms with Gasteiger partial charge in [0.05, 0.1) is 15.9 Å². The molecule has 0 bridgehead atoms. The van der Waals surface area contributed by atoms with E-state index in [0.717, 1.165) is 0 Å². The molecule has 0 aliphatic carbocycles. The largest absolute Gasteiger partial charge is 1.00 e. The first kappa shape index (κ1) is 13.9. The second-order valence-corrected chi connectivity index (χ2v) is 4.01. The summed E-state index contributed by atoms with van der Waals surface area (Å²) in [5.41, 5.74) is 1.18. The van der Waals surface area contributed by atoms with Gasteiger partial charge in [-0.25, -0.2) is 8.42 Å². The zero-order chi connectivity index (χ0) is 9.90. The predicted octanol–water partition coefficient (Wildman–Crippen LogP) is -1.62. The summed E-state index contributed by atoms with van der Waals surface area (Å²) < 4.78 is 31.4. The van der Waals surface area contributed by atoms with Gasteiger partial charge in [0.25, 0.3) is 0 Å². The maximum Gasteiger partial charge on any atom is 1.00 e. The van der Waals surface area contributed by atoms with Gasteiger partial charge in [0.15, 0.2) is 0 Å². The van der Waals surface area contributed by atoms with E-state index < -0.39 is 15.9 Å². The van der Waals surface area contributed by atoms with Gasteiger partial charge in [-0.05, 0) is 11.1 Å². The Morgan fingerprint density at radius 3 is 2.43 bits per heavy atom. The van der Waals surface area contributed by atoms with Gasteiger partial charge in [-0.3, -0.25) is 0 Å². The monoisotopic (exact) mass is 220 g/mol. The third-order valence-corrected chi connectivity index (χ3v) is 2.27. The van der Waals surface area contributed by atoms with E-state index in [0.29, 0.717) is 11.1 Å². The minimum Gasteiger partial charge on any atom is -0.748 e. The zero-order valence-corrected chi connectivity index (χ0v) is 10.8. The molecule has 0 unspecified atom stereocenters. The Hall–Kier alpha value is -0.130. The average molecular weight is 220 g/mol. The van der Waals surface area contributed by atoms with Crippen molar-refractivity contribution in [2.45, 2.75) is 5.75 Å². The fraction of sp³-hybridized carbons (Fsp3) is 0.111. The van der Waals surface area contributed by atoms with Gasteiger partial charge in [0.1, 0.15) is 0 Å². The van der Waals surface area contributed by atoms with Crippen LogP contribution in [-0.4, -0.2) is 13.0 Å². The van der Waals surface area contributed by atoms with E-state index in [1.54, 1.807) is 24.3 Å². The van der Waals surface area contributed by atoms with Crippen LogP contribution in [0.4, 0.5) is 0 Å². The fourth-order valence-electron chi connectivity index (χ4n) is 1.06. The SMILES string of the molecule is C=Cc1ccccc1CS(=O)(=O)[O-].[Na+]. The summed E-state index contributed by atoms with van der Waals surface area (Å²) in [5, 5.41) is 0. The van der Waals surface area contributed by atoms with E-state index in [2.05, 4.69) is 6.58 Å². The number of hydrogen-bond acceptors (Lipinski definition) is 3. The van der Waals surface area contributed by atoms with E-state index in [4.69, 9.17) is 0 Å². The van der Waals surface area contributed by atoms with E-state index in [9.17, 15) is 13.0 Å². The normalized spacial score (nSPS) is 10.4. The van der Waals surface area contributed by atoms with Gasteiger partial charge in [0, 0.05) is 0 Å². The molecule has 0 aromatic heterocycles. The smallest absolute Gasteiger partial charge is 0.748 e. The molecule has 0 radical (unpaired) electrons. The Morgan fingerprint density at radius 1 is 1.36 bits per heavy atom. The van der Waals surface area contributed by atoms with Gasteiger partial charge in [0.2, 0.25) is 0 Å². The van der Waals surface area contributed by atoms with Crippen molar-refractivity contribution < 1.29 is 42.5 Å². The number of benzene rings is 1. The summed E-state index contributed by atoms with van der Waals surface area (Å²) in [6.07, 6.45) is 1.53. The minimum absolute atomic E-state index is 0. The van der Waals surface area contributed by atoms with Crippen molar-refractivity contribution in [3.8, 4) is 0 Å². The van der Waals surface area contributed by atoms with Crippen LogP contribution in [0.5, 0.6) is 0 Å². The van der Waals surface area contributed by atoms with E-state index in [-0.39, 0.29) is 29.6 Å². The molecule has 14 heavy (non-hydrogen) atoms. The zero-order valence-electron chi connectivity index (χ0n) is 7.93. The number of rotatable bonds is 3. The van der Waals surface area contributed by atoms with Crippen LogP contribution in [-0.2, 0) is 15.9 Å². The molecule has 0 spiro atoms. The molecule has 0 fully saturated rings. The quantitative estimate of drug-likeness (QED) is 0.454. The van der Waals surface area contributed by atoms with Crippen LogP contribution < -0.4 is 29.6 Å². The second-order valence-electron chi connectivity index (χ2n) is 2.60. The second kappa shape index (κ2) is 5.68. The first-order valence-electron chi connectivity index (χ1n) is 3.67. The van der Waals surface area contributed by atoms with Crippen LogP contribution >= 0.6 is 0 Å². The molecule has 0 atom stereocenters. The summed E-state index contributed by atoms with van der Waals surface area (Å²) >= 11 is 0. The molecule has 1 aromatic carbocycles. The molecule has 0 heterocycles. The predicted molar refractivity (Wildman–Crippen MR) is 49.9 cm³/mol. The molecule has 0 aliphatic heterocycles. The van der Waals surface area contributed by atoms with Crippen LogP contribution in [0.15, 0.2) is 30.8 Å². The van der Waals surface area contributed by atoms with Crippen molar-refractivity contribution in [2.24, 2.45) is 0 Å². The third-order valence-electron chi connectivity index (χ3n) is 1.61. The molecular formula is C9H9NaO3S. The Kier molecular flexibility index (Phi) is 5.63. The van der Waals surface area contributed by atoms with Crippen LogP contribution in [0, 0.1) is 0 Å². The maximum atomic E-state index is 10.5. The molecule has 3 nitrogen and oxygen atoms in total. The summed E-state index contributed by atoms with van der Waals surface area (Å²) in [7, 11) is -4.21. The summed E-state index contributed by atoms with van der Waals surface area (Å²) in [6, 6.07) is 6.77. The van der Waals surface area contributed by atoms with Crippen molar-refractivity contribution in [3.63, 3.8) is 0 Å². The van der Waals surface area contributed by atoms with E-state index in [1.807, 2.05) is 0 Å².